The topological polar surface area (TPSA) is 44.1 Å². The van der Waals surface area contributed by atoms with Crippen LogP contribution < -0.4 is 0 Å². The Morgan fingerprint density at radius 2 is 2.26 bits per heavy atom. The molecule has 1 heterocycles. The number of carbonyl (C=O) groups is 1. The van der Waals surface area contributed by atoms with Crippen molar-refractivity contribution in [1.29, 1.82) is 0 Å². The van der Waals surface area contributed by atoms with E-state index >= 15 is 0 Å². The van der Waals surface area contributed by atoms with Crippen LogP contribution in [0.25, 0.3) is 11.0 Å². The number of hydrogen-bond donors (Lipinski definition) is 0. The molecule has 1 fully saturated rings. The van der Waals surface area contributed by atoms with Gasteiger partial charge in [0.15, 0.2) is 0 Å². The minimum Gasteiger partial charge on any atom is -0.466 e. The monoisotopic (exact) mass is 258 g/mol. The molecule has 4 heteroatoms. The van der Waals surface area contributed by atoms with Gasteiger partial charge >= 0.3 is 5.97 Å². The first kappa shape index (κ1) is 12.2. The van der Waals surface area contributed by atoms with Crippen LogP contribution in [0.4, 0.5) is 0 Å². The Kier molecular flexibility index (Phi) is 3.01. The Morgan fingerprint density at radius 3 is 2.95 bits per heavy atom. The third kappa shape index (κ3) is 2.35. The van der Waals surface area contributed by atoms with Crippen molar-refractivity contribution < 1.29 is 9.53 Å². The molecule has 0 spiro atoms. The highest BCUT2D eigenvalue weighted by Gasteiger charge is 2.28. The van der Waals surface area contributed by atoms with E-state index < -0.39 is 0 Å². The quantitative estimate of drug-likeness (QED) is 0.792. The lowest BCUT2D eigenvalue weighted by atomic mass is 10.2. The second-order valence-electron chi connectivity index (χ2n) is 5.10. The lowest BCUT2D eigenvalue weighted by Gasteiger charge is -2.07. The summed E-state index contributed by atoms with van der Waals surface area (Å²) >= 11 is 0. The Bertz CT molecular complexity index is 626. The van der Waals surface area contributed by atoms with E-state index in [4.69, 9.17) is 4.74 Å². The van der Waals surface area contributed by atoms with E-state index in [1.165, 1.54) is 18.4 Å². The smallest absolute Gasteiger partial charge is 0.313 e. The first-order valence-corrected chi connectivity index (χ1v) is 6.82. The van der Waals surface area contributed by atoms with Gasteiger partial charge in [-0.2, -0.15) is 0 Å². The zero-order chi connectivity index (χ0) is 13.4. The van der Waals surface area contributed by atoms with E-state index in [0.29, 0.717) is 12.6 Å². The molecule has 100 valence electrons. The summed E-state index contributed by atoms with van der Waals surface area (Å²) in [6.07, 6.45) is 2.61. The highest BCUT2D eigenvalue weighted by Crippen LogP contribution is 2.38. The summed E-state index contributed by atoms with van der Waals surface area (Å²) < 4.78 is 7.24. The third-order valence-electron chi connectivity index (χ3n) is 3.44. The number of imidazole rings is 1. The second-order valence-corrected chi connectivity index (χ2v) is 5.10. The van der Waals surface area contributed by atoms with Gasteiger partial charge in [-0.05, 0) is 44.4 Å². The maximum absolute atomic E-state index is 11.7. The summed E-state index contributed by atoms with van der Waals surface area (Å²) in [5.74, 6) is 0.637. The highest BCUT2D eigenvalue weighted by molar-refractivity contribution is 5.79. The average molecular weight is 258 g/mol. The fourth-order valence-corrected chi connectivity index (χ4v) is 2.46. The maximum atomic E-state index is 11.7. The molecule has 2 aromatic rings. The molecule has 0 radical (unpaired) electrons. The van der Waals surface area contributed by atoms with Crippen molar-refractivity contribution in [2.24, 2.45) is 0 Å². The normalized spacial score (nSPS) is 14.8. The third-order valence-corrected chi connectivity index (χ3v) is 3.44. The number of nitrogens with zero attached hydrogens (tertiary/aromatic N) is 2. The van der Waals surface area contributed by atoms with E-state index in [1.54, 1.807) is 0 Å². The predicted octanol–water partition coefficient (Wildman–Crippen LogP) is 2.79. The van der Waals surface area contributed by atoms with Crippen LogP contribution >= 0.6 is 0 Å². The van der Waals surface area contributed by atoms with Gasteiger partial charge < -0.3 is 9.30 Å². The standard InChI is InChI=1S/C15H18N2O2/c1-3-19-15(18)9-14-16-12-8-10(2)4-7-13(12)17(14)11-5-6-11/h4,7-8,11H,3,5-6,9H2,1-2H3. The Morgan fingerprint density at radius 1 is 1.47 bits per heavy atom. The van der Waals surface area contributed by atoms with Gasteiger partial charge in [0.25, 0.3) is 0 Å². The highest BCUT2D eigenvalue weighted by atomic mass is 16.5. The molecule has 0 atom stereocenters. The first-order valence-electron chi connectivity index (χ1n) is 6.82. The number of hydrogen-bond acceptors (Lipinski definition) is 3. The summed E-state index contributed by atoms with van der Waals surface area (Å²) in [5.41, 5.74) is 3.30. The molecule has 0 bridgehead atoms. The van der Waals surface area contributed by atoms with Gasteiger partial charge in [-0.3, -0.25) is 4.79 Å². The van der Waals surface area contributed by atoms with Crippen LogP contribution in [0.3, 0.4) is 0 Å². The van der Waals surface area contributed by atoms with E-state index in [-0.39, 0.29) is 12.4 Å². The summed E-state index contributed by atoms with van der Waals surface area (Å²) in [4.78, 5) is 16.3. The van der Waals surface area contributed by atoms with Gasteiger partial charge in [0, 0.05) is 6.04 Å². The molecule has 4 nitrogen and oxygen atoms in total. The summed E-state index contributed by atoms with van der Waals surface area (Å²) in [6.45, 7) is 4.30. The van der Waals surface area contributed by atoms with Gasteiger partial charge in [0.05, 0.1) is 17.6 Å². The minimum absolute atomic E-state index is 0.198. The van der Waals surface area contributed by atoms with Gasteiger partial charge in [-0.25, -0.2) is 4.98 Å². The van der Waals surface area contributed by atoms with Gasteiger partial charge in [-0.1, -0.05) is 6.07 Å². The maximum Gasteiger partial charge on any atom is 0.313 e. The molecular weight excluding hydrogens is 240 g/mol. The van der Waals surface area contributed by atoms with Crippen LogP contribution in [-0.4, -0.2) is 22.1 Å². The number of esters is 1. The number of benzene rings is 1. The Balaban J connectivity index is 2.02. The van der Waals surface area contributed by atoms with Crippen molar-refractivity contribution >= 4 is 17.0 Å². The average Bonchev–Trinajstić information content (AvgIpc) is 3.12. The van der Waals surface area contributed by atoms with Crippen LogP contribution in [0.15, 0.2) is 18.2 Å². The molecule has 0 N–H and O–H groups in total. The van der Waals surface area contributed by atoms with Crippen molar-refractivity contribution in [2.75, 3.05) is 6.61 Å². The first-order chi connectivity index (χ1) is 9.19. The Hall–Kier alpha value is -1.84. The Labute approximate surface area is 112 Å². The second kappa shape index (κ2) is 4.68. The van der Waals surface area contributed by atoms with Gasteiger partial charge in [0.2, 0.25) is 0 Å². The molecule has 0 unspecified atom stereocenters. The van der Waals surface area contributed by atoms with Crippen LogP contribution in [-0.2, 0) is 16.0 Å². The zero-order valence-electron chi connectivity index (χ0n) is 11.3. The zero-order valence-corrected chi connectivity index (χ0v) is 11.3. The number of fused-ring (bicyclic) bond motifs is 1. The van der Waals surface area contributed by atoms with Crippen LogP contribution in [0.1, 0.15) is 37.2 Å². The summed E-state index contributed by atoms with van der Waals surface area (Å²) in [7, 11) is 0. The van der Waals surface area contributed by atoms with Crippen LogP contribution in [0, 0.1) is 6.92 Å². The lowest BCUT2D eigenvalue weighted by molar-refractivity contribution is -0.142. The fraction of sp³-hybridized carbons (Fsp3) is 0.467. The van der Waals surface area contributed by atoms with Crippen LogP contribution in [0.2, 0.25) is 0 Å². The molecule has 0 saturated heterocycles. The number of aryl methyl sites for hydroxylation is 1. The number of aromatic nitrogens is 2. The largest absolute Gasteiger partial charge is 0.466 e. The SMILES string of the molecule is CCOC(=O)Cc1nc2cc(C)ccc2n1C1CC1. The number of carbonyl (C=O) groups excluding carboxylic acids is 1. The lowest BCUT2D eigenvalue weighted by Crippen LogP contribution is -2.12. The number of ether oxygens (including phenoxy) is 1. The van der Waals surface area contributed by atoms with Crippen molar-refractivity contribution in [3.8, 4) is 0 Å². The summed E-state index contributed by atoms with van der Waals surface area (Å²) in [5, 5.41) is 0. The molecule has 19 heavy (non-hydrogen) atoms. The minimum atomic E-state index is -0.198. The van der Waals surface area contributed by atoms with Gasteiger partial charge in [-0.15, -0.1) is 0 Å². The molecule has 1 aromatic carbocycles. The molecule has 1 aromatic heterocycles. The van der Waals surface area contributed by atoms with Crippen molar-refractivity contribution in [1.82, 2.24) is 9.55 Å². The molecule has 1 saturated carbocycles. The van der Waals surface area contributed by atoms with E-state index in [1.807, 2.05) is 6.92 Å². The predicted molar refractivity (Wildman–Crippen MR) is 73.1 cm³/mol. The molecule has 0 aliphatic heterocycles. The van der Waals surface area contributed by atoms with Crippen molar-refractivity contribution in [3.63, 3.8) is 0 Å². The van der Waals surface area contributed by atoms with Gasteiger partial charge in [0.1, 0.15) is 12.2 Å². The molecular formula is C15H18N2O2. The molecule has 0 amide bonds. The number of rotatable bonds is 4. The van der Waals surface area contributed by atoms with Crippen molar-refractivity contribution in [3.05, 3.63) is 29.6 Å². The summed E-state index contributed by atoms with van der Waals surface area (Å²) in [6, 6.07) is 6.78. The fourth-order valence-electron chi connectivity index (χ4n) is 2.46. The molecule has 1 aliphatic rings. The van der Waals surface area contributed by atoms with Crippen LogP contribution in [0.5, 0.6) is 0 Å². The van der Waals surface area contributed by atoms with Crippen molar-refractivity contribution in [2.45, 2.75) is 39.2 Å². The van der Waals surface area contributed by atoms with E-state index in [9.17, 15) is 4.79 Å². The van der Waals surface area contributed by atoms with E-state index in [2.05, 4.69) is 34.7 Å². The van der Waals surface area contributed by atoms with E-state index in [0.717, 1.165) is 16.9 Å². The molecule has 3 rings (SSSR count). The molecule has 1 aliphatic carbocycles.